The van der Waals surface area contributed by atoms with Gasteiger partial charge in [-0.15, -0.1) is 0 Å². The van der Waals surface area contributed by atoms with Gasteiger partial charge in [0.05, 0.1) is 12.2 Å². The summed E-state index contributed by atoms with van der Waals surface area (Å²) < 4.78 is 8.93. The summed E-state index contributed by atoms with van der Waals surface area (Å²) in [5, 5.41) is 0. The van der Waals surface area contributed by atoms with E-state index in [0.29, 0.717) is 18.2 Å². The number of nitrogens with one attached hydrogen (secondary N) is 1. The summed E-state index contributed by atoms with van der Waals surface area (Å²) in [6.07, 6.45) is 7.07. The molecule has 3 rings (SSSR count). The molecule has 3 unspecified atom stereocenters. The van der Waals surface area contributed by atoms with Crippen molar-refractivity contribution in [1.29, 1.82) is 0 Å². The number of hydrogen-bond donors (Lipinski definition) is 1. The highest BCUT2D eigenvalue weighted by Gasteiger charge is 2.40. The molecule has 10 heavy (non-hydrogen) atoms. The largest absolute Gasteiger partial charge is 0.373 e. The Balaban J connectivity index is 1.84. The van der Waals surface area contributed by atoms with E-state index in [0.717, 1.165) is 0 Å². The summed E-state index contributed by atoms with van der Waals surface area (Å²) in [6.45, 7) is 0. The monoisotopic (exact) mass is 159 g/mol. The molecule has 0 spiro atoms. The lowest BCUT2D eigenvalue weighted by molar-refractivity contribution is -0.167. The third kappa shape index (κ3) is 1.06. The first-order chi connectivity index (χ1) is 4.90. The Hall–Kier alpha value is 0.270. The zero-order chi connectivity index (χ0) is 6.97. The quantitative estimate of drug-likeness (QED) is 0.611. The Morgan fingerprint density at radius 2 is 2.30 bits per heavy atom. The van der Waals surface area contributed by atoms with E-state index in [2.05, 4.69) is 11.0 Å². The van der Waals surface area contributed by atoms with Crippen LogP contribution in [0.4, 0.5) is 0 Å². The van der Waals surface area contributed by atoms with Crippen LogP contribution in [0.2, 0.25) is 0 Å². The van der Waals surface area contributed by atoms with Crippen LogP contribution < -0.4 is 4.72 Å². The van der Waals surface area contributed by atoms with Gasteiger partial charge in [-0.1, -0.05) is 11.9 Å². The van der Waals surface area contributed by atoms with Crippen LogP contribution in [0, 0.1) is 0 Å². The van der Waals surface area contributed by atoms with Crippen LogP contribution in [0.25, 0.3) is 0 Å². The van der Waals surface area contributed by atoms with Crippen LogP contribution in [0.1, 0.15) is 19.3 Å². The molecule has 0 aromatic carbocycles. The van der Waals surface area contributed by atoms with Crippen molar-refractivity contribution in [1.82, 2.24) is 4.72 Å². The van der Waals surface area contributed by atoms with Gasteiger partial charge in [0.1, 0.15) is 0 Å². The first-order valence-electron chi connectivity index (χ1n) is 3.84. The maximum Gasteiger partial charge on any atom is 0.0765 e. The number of fused-ring (bicyclic) bond motifs is 2. The molecule has 1 aliphatic carbocycles. The van der Waals surface area contributed by atoms with Crippen LogP contribution in [0.5, 0.6) is 0 Å². The van der Waals surface area contributed by atoms with Crippen molar-refractivity contribution in [2.24, 2.45) is 0 Å². The molecule has 2 heterocycles. The molecule has 2 nitrogen and oxygen atoms in total. The SMILES string of the molecule is CSNC1CCC2CC1O2. The van der Waals surface area contributed by atoms with Crippen LogP contribution in [-0.2, 0) is 4.74 Å². The summed E-state index contributed by atoms with van der Waals surface area (Å²) in [4.78, 5) is 0. The average Bonchev–Trinajstić information content (AvgIpc) is 1.87. The molecule has 2 bridgehead atoms. The highest BCUT2D eigenvalue weighted by molar-refractivity contribution is 7.96. The predicted octanol–water partition coefficient (Wildman–Crippen LogP) is 1.17. The Morgan fingerprint density at radius 3 is 2.80 bits per heavy atom. The molecule has 2 saturated heterocycles. The normalized spacial score (nSPS) is 44.7. The van der Waals surface area contributed by atoms with Crippen molar-refractivity contribution in [3.05, 3.63) is 0 Å². The van der Waals surface area contributed by atoms with E-state index in [1.165, 1.54) is 19.3 Å². The molecule has 58 valence electrons. The second kappa shape index (κ2) is 2.72. The van der Waals surface area contributed by atoms with E-state index in [1.807, 2.05) is 0 Å². The Bertz CT molecular complexity index is 120. The van der Waals surface area contributed by atoms with Gasteiger partial charge in [-0.25, -0.2) is 0 Å². The van der Waals surface area contributed by atoms with E-state index in [9.17, 15) is 0 Å². The van der Waals surface area contributed by atoms with Gasteiger partial charge >= 0.3 is 0 Å². The fraction of sp³-hybridized carbons (Fsp3) is 1.00. The molecular formula is C7H13NOS. The number of ether oxygens (including phenoxy) is 1. The van der Waals surface area contributed by atoms with E-state index in [4.69, 9.17) is 4.74 Å². The summed E-state index contributed by atoms with van der Waals surface area (Å²) in [6, 6.07) is 0.625. The minimum absolute atomic E-state index is 0.534. The smallest absolute Gasteiger partial charge is 0.0765 e. The average molecular weight is 159 g/mol. The molecule has 0 amide bonds. The minimum atomic E-state index is 0.534. The standard InChI is InChI=1S/C7H13NOS/c1-10-8-6-3-2-5-4-7(6)9-5/h5-8H,2-4H2,1H3. The van der Waals surface area contributed by atoms with Crippen LogP contribution in [-0.4, -0.2) is 24.5 Å². The Labute approximate surface area is 65.8 Å². The van der Waals surface area contributed by atoms with Gasteiger partial charge < -0.3 is 4.74 Å². The maximum atomic E-state index is 5.56. The zero-order valence-electron chi connectivity index (χ0n) is 6.17. The van der Waals surface area contributed by atoms with Gasteiger partial charge in [-0.2, -0.15) is 0 Å². The second-order valence-electron chi connectivity index (χ2n) is 3.04. The van der Waals surface area contributed by atoms with Gasteiger partial charge in [0, 0.05) is 12.5 Å². The minimum Gasteiger partial charge on any atom is -0.373 e. The van der Waals surface area contributed by atoms with Crippen molar-refractivity contribution in [2.75, 3.05) is 6.26 Å². The third-order valence-corrected chi connectivity index (χ3v) is 2.92. The van der Waals surface area contributed by atoms with Crippen molar-refractivity contribution < 1.29 is 4.74 Å². The fourth-order valence-corrected chi connectivity index (χ4v) is 2.35. The van der Waals surface area contributed by atoms with Gasteiger partial charge in [-0.3, -0.25) is 4.72 Å². The highest BCUT2D eigenvalue weighted by atomic mass is 32.2. The first-order valence-corrected chi connectivity index (χ1v) is 5.06. The topological polar surface area (TPSA) is 21.3 Å². The van der Waals surface area contributed by atoms with E-state index >= 15 is 0 Å². The van der Waals surface area contributed by atoms with Gasteiger partial charge in [0.2, 0.25) is 0 Å². The number of rotatable bonds is 2. The molecule has 0 radical (unpaired) electrons. The maximum absolute atomic E-state index is 5.56. The van der Waals surface area contributed by atoms with Crippen molar-refractivity contribution in [3.63, 3.8) is 0 Å². The molecule has 0 aromatic rings. The Morgan fingerprint density at radius 1 is 1.50 bits per heavy atom. The molecule has 0 aromatic heterocycles. The van der Waals surface area contributed by atoms with Crippen LogP contribution >= 0.6 is 11.9 Å². The third-order valence-electron chi connectivity index (χ3n) is 2.38. The zero-order valence-corrected chi connectivity index (χ0v) is 6.99. The highest BCUT2D eigenvalue weighted by Crippen LogP contribution is 2.35. The van der Waals surface area contributed by atoms with Gasteiger partial charge in [-0.05, 0) is 19.1 Å². The van der Waals surface area contributed by atoms with Gasteiger partial charge in [0.25, 0.3) is 0 Å². The van der Waals surface area contributed by atoms with Crippen LogP contribution in [0.15, 0.2) is 0 Å². The summed E-state index contributed by atoms with van der Waals surface area (Å²) >= 11 is 1.71. The van der Waals surface area contributed by atoms with Gasteiger partial charge in [0.15, 0.2) is 0 Å². The Kier molecular flexibility index (Phi) is 1.89. The van der Waals surface area contributed by atoms with Crippen molar-refractivity contribution in [3.8, 4) is 0 Å². The molecule has 1 N–H and O–H groups in total. The van der Waals surface area contributed by atoms with Crippen molar-refractivity contribution in [2.45, 2.75) is 37.5 Å². The number of hydrogen-bond acceptors (Lipinski definition) is 3. The molecule has 3 heteroatoms. The van der Waals surface area contributed by atoms with Crippen molar-refractivity contribution >= 4 is 11.9 Å². The summed E-state index contributed by atoms with van der Waals surface area (Å²) in [5.74, 6) is 0. The van der Waals surface area contributed by atoms with Crippen LogP contribution in [0.3, 0.4) is 0 Å². The lowest BCUT2D eigenvalue weighted by atomic mass is 9.85. The van der Waals surface area contributed by atoms with E-state index in [-0.39, 0.29) is 0 Å². The van der Waals surface area contributed by atoms with E-state index in [1.54, 1.807) is 11.9 Å². The molecule has 3 aliphatic rings. The first kappa shape index (κ1) is 6.95. The van der Waals surface area contributed by atoms with E-state index < -0.39 is 0 Å². The molecule has 2 aliphatic heterocycles. The lowest BCUT2D eigenvalue weighted by Gasteiger charge is -2.46. The summed E-state index contributed by atoms with van der Waals surface area (Å²) in [5.41, 5.74) is 0. The second-order valence-corrected chi connectivity index (χ2v) is 3.68. The summed E-state index contributed by atoms with van der Waals surface area (Å²) in [7, 11) is 0. The molecule has 3 atom stereocenters. The molecule has 3 fully saturated rings. The molecular weight excluding hydrogens is 146 g/mol. The predicted molar refractivity (Wildman–Crippen MR) is 43.0 cm³/mol. The lowest BCUT2D eigenvalue weighted by Crippen LogP contribution is -2.54. The fourth-order valence-electron chi connectivity index (χ4n) is 1.78. The molecule has 1 saturated carbocycles.